The number of hydrogen-bond acceptors (Lipinski definition) is 5. The maximum Gasteiger partial charge on any atom is 0.337 e. The summed E-state index contributed by atoms with van der Waals surface area (Å²) in [4.78, 5) is 23.9. The highest BCUT2D eigenvalue weighted by Crippen LogP contribution is 2.22. The van der Waals surface area contributed by atoms with E-state index in [2.05, 4.69) is 10.1 Å². The quantitative estimate of drug-likeness (QED) is 0.757. The van der Waals surface area contributed by atoms with Crippen LogP contribution in [-0.2, 0) is 19.6 Å². The first-order valence-corrected chi connectivity index (χ1v) is 9.65. The maximum absolute atomic E-state index is 12.3. The molecule has 1 N–H and O–H groups in total. The summed E-state index contributed by atoms with van der Waals surface area (Å²) >= 11 is 5.90. The van der Waals surface area contributed by atoms with Crippen LogP contribution in [0.25, 0.3) is 0 Å². The van der Waals surface area contributed by atoms with Crippen LogP contribution in [-0.4, -0.2) is 40.2 Å². The number of methoxy groups -OCH3 is 1. The highest BCUT2D eigenvalue weighted by molar-refractivity contribution is 7.92. The van der Waals surface area contributed by atoms with E-state index >= 15 is 0 Å². The number of amides is 1. The van der Waals surface area contributed by atoms with Gasteiger partial charge < -0.3 is 10.1 Å². The number of esters is 1. The van der Waals surface area contributed by atoms with Crippen molar-refractivity contribution in [2.24, 2.45) is 0 Å². The van der Waals surface area contributed by atoms with E-state index in [1.807, 2.05) is 0 Å². The molecule has 1 amide bonds. The molecule has 0 saturated carbocycles. The molecule has 9 heteroatoms. The molecular weight excluding hydrogens is 380 g/mol. The second kappa shape index (κ2) is 8.20. The summed E-state index contributed by atoms with van der Waals surface area (Å²) in [5.41, 5.74) is 0.885. The number of ether oxygens (including phenoxy) is 1. The summed E-state index contributed by atoms with van der Waals surface area (Å²) in [6, 6.07) is 12.3. The van der Waals surface area contributed by atoms with Crippen molar-refractivity contribution in [3.05, 3.63) is 59.1 Å². The summed E-state index contributed by atoms with van der Waals surface area (Å²) in [5, 5.41) is 2.91. The summed E-state index contributed by atoms with van der Waals surface area (Å²) in [6.07, 6.45) is 0.999. The average Bonchev–Trinajstić information content (AvgIpc) is 2.58. The van der Waals surface area contributed by atoms with E-state index in [4.69, 9.17) is 11.6 Å². The Labute approximate surface area is 156 Å². The lowest BCUT2D eigenvalue weighted by Gasteiger charge is -2.22. The van der Waals surface area contributed by atoms with Crippen LogP contribution < -0.4 is 9.62 Å². The SMILES string of the molecule is COC(=O)c1cccc(NC(=O)CN(c2cccc(Cl)c2)S(C)(=O)=O)c1. The largest absolute Gasteiger partial charge is 0.465 e. The van der Waals surface area contributed by atoms with Gasteiger partial charge in [0.25, 0.3) is 0 Å². The fourth-order valence-electron chi connectivity index (χ4n) is 2.20. The number of anilines is 2. The van der Waals surface area contributed by atoms with Crippen LogP contribution in [0.1, 0.15) is 10.4 Å². The van der Waals surface area contributed by atoms with Gasteiger partial charge in [0.05, 0.1) is 24.6 Å². The lowest BCUT2D eigenvalue weighted by atomic mass is 10.2. The standard InChI is InChI=1S/C17H17ClN2O5S/c1-25-17(22)12-5-3-7-14(9-12)19-16(21)11-20(26(2,23)24)15-8-4-6-13(18)10-15/h3-10H,11H2,1-2H3,(H,19,21). The Morgan fingerprint density at radius 2 is 1.85 bits per heavy atom. The Morgan fingerprint density at radius 3 is 2.46 bits per heavy atom. The van der Waals surface area contributed by atoms with Crippen molar-refractivity contribution in [1.82, 2.24) is 0 Å². The molecule has 2 rings (SSSR count). The molecule has 138 valence electrons. The molecule has 0 heterocycles. The monoisotopic (exact) mass is 396 g/mol. The number of nitrogens with zero attached hydrogens (tertiary/aromatic N) is 1. The van der Waals surface area contributed by atoms with E-state index in [1.54, 1.807) is 24.3 Å². The molecule has 0 atom stereocenters. The summed E-state index contributed by atoms with van der Waals surface area (Å²) in [7, 11) is -2.46. The topological polar surface area (TPSA) is 92.8 Å². The van der Waals surface area contributed by atoms with E-state index < -0.39 is 28.4 Å². The van der Waals surface area contributed by atoms with Crippen molar-refractivity contribution >= 4 is 44.9 Å². The zero-order valence-electron chi connectivity index (χ0n) is 14.1. The molecule has 0 bridgehead atoms. The van der Waals surface area contributed by atoms with Crippen molar-refractivity contribution in [2.75, 3.05) is 29.5 Å². The minimum atomic E-state index is -3.71. The summed E-state index contributed by atoms with van der Waals surface area (Å²) < 4.78 is 29.7. The molecule has 0 spiro atoms. The van der Waals surface area contributed by atoms with Crippen molar-refractivity contribution in [1.29, 1.82) is 0 Å². The number of benzene rings is 2. The van der Waals surface area contributed by atoms with Gasteiger partial charge in [-0.15, -0.1) is 0 Å². The molecule has 0 aliphatic rings. The molecule has 0 fully saturated rings. The fraction of sp³-hybridized carbons (Fsp3) is 0.176. The lowest BCUT2D eigenvalue weighted by Crippen LogP contribution is -2.37. The van der Waals surface area contributed by atoms with Crippen LogP contribution in [0.5, 0.6) is 0 Å². The zero-order chi connectivity index (χ0) is 19.3. The van der Waals surface area contributed by atoms with Crippen LogP contribution in [0.15, 0.2) is 48.5 Å². The fourth-order valence-corrected chi connectivity index (χ4v) is 3.24. The van der Waals surface area contributed by atoms with Crippen LogP contribution in [0, 0.1) is 0 Å². The Hall–Kier alpha value is -2.58. The van der Waals surface area contributed by atoms with Gasteiger partial charge in [-0.3, -0.25) is 9.10 Å². The molecule has 0 aromatic heterocycles. The number of halogens is 1. The van der Waals surface area contributed by atoms with E-state index in [1.165, 1.54) is 31.4 Å². The van der Waals surface area contributed by atoms with Gasteiger partial charge in [0.1, 0.15) is 6.54 Å². The molecule has 2 aromatic carbocycles. The molecule has 26 heavy (non-hydrogen) atoms. The second-order valence-electron chi connectivity index (χ2n) is 5.37. The Balaban J connectivity index is 2.19. The van der Waals surface area contributed by atoms with Crippen LogP contribution in [0.2, 0.25) is 5.02 Å². The third-order valence-electron chi connectivity index (χ3n) is 3.35. The molecule has 0 aliphatic heterocycles. The Morgan fingerprint density at radius 1 is 1.15 bits per heavy atom. The number of nitrogens with one attached hydrogen (secondary N) is 1. The first-order valence-electron chi connectivity index (χ1n) is 7.42. The van der Waals surface area contributed by atoms with Crippen LogP contribution in [0.3, 0.4) is 0 Å². The third-order valence-corrected chi connectivity index (χ3v) is 4.73. The van der Waals surface area contributed by atoms with Crippen LogP contribution in [0.4, 0.5) is 11.4 Å². The van der Waals surface area contributed by atoms with Gasteiger partial charge >= 0.3 is 5.97 Å². The minimum absolute atomic E-state index is 0.264. The van der Waals surface area contributed by atoms with Gasteiger partial charge in [0, 0.05) is 10.7 Å². The molecule has 0 saturated heterocycles. The number of hydrogen-bond donors (Lipinski definition) is 1. The predicted molar refractivity (Wildman–Crippen MR) is 100 cm³/mol. The van der Waals surface area contributed by atoms with Crippen LogP contribution >= 0.6 is 11.6 Å². The van der Waals surface area contributed by atoms with Crippen molar-refractivity contribution in [3.8, 4) is 0 Å². The smallest absolute Gasteiger partial charge is 0.337 e. The third kappa shape index (κ3) is 5.21. The van der Waals surface area contributed by atoms with E-state index in [0.717, 1.165) is 10.6 Å². The number of carbonyl (C=O) groups is 2. The molecule has 0 aliphatic carbocycles. The first-order chi connectivity index (χ1) is 12.2. The van der Waals surface area contributed by atoms with Gasteiger partial charge in [0.15, 0.2) is 0 Å². The molecular formula is C17H17ClN2O5S. The first kappa shape index (κ1) is 19.7. The lowest BCUT2D eigenvalue weighted by molar-refractivity contribution is -0.114. The molecule has 0 radical (unpaired) electrons. The predicted octanol–water partition coefficient (Wildman–Crippen LogP) is 2.53. The number of rotatable bonds is 6. The van der Waals surface area contributed by atoms with Gasteiger partial charge in [-0.2, -0.15) is 0 Å². The normalized spacial score (nSPS) is 10.9. The van der Waals surface area contributed by atoms with Crippen molar-refractivity contribution < 1.29 is 22.7 Å². The second-order valence-corrected chi connectivity index (χ2v) is 7.71. The average molecular weight is 397 g/mol. The number of carbonyl (C=O) groups excluding carboxylic acids is 2. The summed E-state index contributed by atoms with van der Waals surface area (Å²) in [5.74, 6) is -1.12. The Bertz CT molecular complexity index is 930. The van der Waals surface area contributed by atoms with Gasteiger partial charge in [-0.25, -0.2) is 13.2 Å². The van der Waals surface area contributed by atoms with Crippen molar-refractivity contribution in [3.63, 3.8) is 0 Å². The minimum Gasteiger partial charge on any atom is -0.465 e. The molecule has 2 aromatic rings. The van der Waals surface area contributed by atoms with E-state index in [9.17, 15) is 18.0 Å². The maximum atomic E-state index is 12.3. The van der Waals surface area contributed by atoms with Gasteiger partial charge in [-0.1, -0.05) is 23.7 Å². The van der Waals surface area contributed by atoms with Gasteiger partial charge in [0.2, 0.25) is 15.9 Å². The Kier molecular flexibility index (Phi) is 6.23. The van der Waals surface area contributed by atoms with E-state index in [0.29, 0.717) is 10.7 Å². The number of sulfonamides is 1. The van der Waals surface area contributed by atoms with Gasteiger partial charge in [-0.05, 0) is 36.4 Å². The highest BCUT2D eigenvalue weighted by atomic mass is 35.5. The molecule has 7 nitrogen and oxygen atoms in total. The highest BCUT2D eigenvalue weighted by Gasteiger charge is 2.21. The van der Waals surface area contributed by atoms with Crippen molar-refractivity contribution in [2.45, 2.75) is 0 Å². The summed E-state index contributed by atoms with van der Waals surface area (Å²) in [6.45, 7) is -0.443. The van der Waals surface area contributed by atoms with E-state index in [-0.39, 0.29) is 11.3 Å². The zero-order valence-corrected chi connectivity index (χ0v) is 15.7. The molecule has 0 unspecified atom stereocenters.